The summed E-state index contributed by atoms with van der Waals surface area (Å²) in [7, 11) is 1.25. The molecule has 0 amide bonds. The largest absolute Gasteiger partial charge is 0.479 e. The maximum Gasteiger partial charge on any atom is 0.335 e. The molecule has 1 fully saturated rings. The maximum absolute atomic E-state index is 10.8. The highest BCUT2D eigenvalue weighted by atomic mass is 16.6. The van der Waals surface area contributed by atoms with Gasteiger partial charge in [-0.05, 0) is 12.8 Å². The number of aliphatic carboxylic acids is 1. The van der Waals surface area contributed by atoms with Crippen molar-refractivity contribution in [2.24, 2.45) is 0 Å². The van der Waals surface area contributed by atoms with Gasteiger partial charge in [0, 0.05) is 0 Å². The highest BCUT2D eigenvalue weighted by molar-refractivity contribution is 5.78. The lowest BCUT2D eigenvalue weighted by Gasteiger charge is -2.07. The number of carboxylic acid groups (broad SMARTS) is 1. The molecule has 1 saturated heterocycles. The van der Waals surface area contributed by atoms with Gasteiger partial charge in [-0.3, -0.25) is 0 Å². The SMILES string of the molecule is COC(=O)[C@H]1CC[C@@H](C(=O)O)O1. The third kappa shape index (κ3) is 1.73. The summed E-state index contributed by atoms with van der Waals surface area (Å²) in [6.07, 6.45) is -0.760. The van der Waals surface area contributed by atoms with Gasteiger partial charge in [-0.1, -0.05) is 0 Å². The van der Waals surface area contributed by atoms with Crippen molar-refractivity contribution in [2.75, 3.05) is 7.11 Å². The molecule has 1 rings (SSSR count). The summed E-state index contributed by atoms with van der Waals surface area (Å²) in [5.41, 5.74) is 0. The van der Waals surface area contributed by atoms with Crippen molar-refractivity contribution in [3.05, 3.63) is 0 Å². The van der Waals surface area contributed by atoms with Crippen LogP contribution in [0.25, 0.3) is 0 Å². The van der Waals surface area contributed by atoms with Crippen molar-refractivity contribution in [1.82, 2.24) is 0 Å². The summed E-state index contributed by atoms with van der Waals surface area (Å²) in [6.45, 7) is 0. The van der Waals surface area contributed by atoms with Crippen molar-refractivity contribution in [3.63, 3.8) is 0 Å². The molecule has 2 atom stereocenters. The first-order chi connectivity index (χ1) is 5.65. The van der Waals surface area contributed by atoms with Gasteiger partial charge >= 0.3 is 11.9 Å². The average molecular weight is 174 g/mol. The summed E-state index contributed by atoms with van der Waals surface area (Å²) >= 11 is 0. The van der Waals surface area contributed by atoms with Gasteiger partial charge < -0.3 is 14.6 Å². The Bertz CT molecular complexity index is 200. The molecule has 68 valence electrons. The normalized spacial score (nSPS) is 28.4. The molecule has 0 aromatic heterocycles. The van der Waals surface area contributed by atoms with E-state index in [-0.39, 0.29) is 0 Å². The lowest BCUT2D eigenvalue weighted by molar-refractivity contribution is -0.159. The molecule has 1 heterocycles. The number of hydrogen-bond acceptors (Lipinski definition) is 4. The minimum Gasteiger partial charge on any atom is -0.479 e. The second-order valence-corrected chi connectivity index (χ2v) is 2.55. The van der Waals surface area contributed by atoms with Gasteiger partial charge in [0.25, 0.3) is 0 Å². The fourth-order valence-electron chi connectivity index (χ4n) is 1.12. The van der Waals surface area contributed by atoms with Crippen LogP contribution in [0, 0.1) is 0 Å². The molecule has 0 aromatic rings. The number of hydrogen-bond donors (Lipinski definition) is 1. The van der Waals surface area contributed by atoms with Crippen LogP contribution in [0.3, 0.4) is 0 Å². The zero-order valence-electron chi connectivity index (χ0n) is 6.65. The average Bonchev–Trinajstić information content (AvgIpc) is 2.51. The first kappa shape index (κ1) is 8.99. The summed E-state index contributed by atoms with van der Waals surface area (Å²) in [5.74, 6) is -1.53. The van der Waals surface area contributed by atoms with E-state index >= 15 is 0 Å². The van der Waals surface area contributed by atoms with Gasteiger partial charge in [0.05, 0.1) is 7.11 Å². The van der Waals surface area contributed by atoms with Crippen molar-refractivity contribution in [2.45, 2.75) is 25.0 Å². The van der Waals surface area contributed by atoms with E-state index < -0.39 is 24.1 Å². The van der Waals surface area contributed by atoms with Crippen molar-refractivity contribution in [3.8, 4) is 0 Å². The Kier molecular flexibility index (Phi) is 2.65. The summed E-state index contributed by atoms with van der Waals surface area (Å²) in [6, 6.07) is 0. The van der Waals surface area contributed by atoms with Crippen LogP contribution in [-0.2, 0) is 19.1 Å². The molecule has 1 N–H and O–H groups in total. The van der Waals surface area contributed by atoms with Crippen LogP contribution < -0.4 is 0 Å². The molecule has 0 aliphatic carbocycles. The van der Waals surface area contributed by atoms with Crippen LogP contribution in [0.1, 0.15) is 12.8 Å². The Morgan fingerprint density at radius 1 is 1.42 bits per heavy atom. The third-order valence-corrected chi connectivity index (χ3v) is 1.76. The molecule has 0 aromatic carbocycles. The van der Waals surface area contributed by atoms with Gasteiger partial charge in [-0.25, -0.2) is 9.59 Å². The maximum atomic E-state index is 10.8. The Balaban J connectivity index is 2.45. The number of esters is 1. The van der Waals surface area contributed by atoms with Crippen LogP contribution in [0.4, 0.5) is 0 Å². The first-order valence-corrected chi connectivity index (χ1v) is 3.61. The molecule has 0 radical (unpaired) electrons. The standard InChI is InChI=1S/C7H10O5/c1-11-7(10)5-3-2-4(12-5)6(8)9/h4-5H,2-3H2,1H3,(H,8,9)/t4-,5+/m0/s1. The number of methoxy groups -OCH3 is 1. The number of carbonyl (C=O) groups is 2. The molecule has 0 saturated carbocycles. The number of ether oxygens (including phenoxy) is 2. The Morgan fingerprint density at radius 3 is 2.42 bits per heavy atom. The lowest BCUT2D eigenvalue weighted by Crippen LogP contribution is -2.25. The second-order valence-electron chi connectivity index (χ2n) is 2.55. The molecule has 5 heteroatoms. The van der Waals surface area contributed by atoms with E-state index in [1.807, 2.05) is 0 Å². The molecule has 1 aliphatic rings. The topological polar surface area (TPSA) is 72.8 Å². The van der Waals surface area contributed by atoms with Gasteiger partial charge in [-0.15, -0.1) is 0 Å². The highest BCUT2D eigenvalue weighted by Crippen LogP contribution is 2.20. The molecular weight excluding hydrogens is 164 g/mol. The predicted octanol–water partition coefficient (Wildman–Crippen LogP) is -0.208. The summed E-state index contributed by atoms with van der Waals surface area (Å²) < 4.78 is 9.31. The van der Waals surface area contributed by atoms with E-state index in [9.17, 15) is 9.59 Å². The fourth-order valence-corrected chi connectivity index (χ4v) is 1.12. The van der Waals surface area contributed by atoms with Crippen molar-refractivity contribution < 1.29 is 24.2 Å². The van der Waals surface area contributed by atoms with E-state index in [1.54, 1.807) is 0 Å². The van der Waals surface area contributed by atoms with Crippen molar-refractivity contribution >= 4 is 11.9 Å². The molecule has 0 bridgehead atoms. The van der Waals surface area contributed by atoms with E-state index in [1.165, 1.54) is 7.11 Å². The van der Waals surface area contributed by atoms with Crippen LogP contribution in [0.5, 0.6) is 0 Å². The van der Waals surface area contributed by atoms with Crippen LogP contribution >= 0.6 is 0 Å². The third-order valence-electron chi connectivity index (χ3n) is 1.76. The highest BCUT2D eigenvalue weighted by Gasteiger charge is 2.35. The molecule has 5 nitrogen and oxygen atoms in total. The van der Waals surface area contributed by atoms with Gasteiger partial charge in [0.2, 0.25) is 0 Å². The first-order valence-electron chi connectivity index (χ1n) is 3.61. The van der Waals surface area contributed by atoms with E-state index in [4.69, 9.17) is 9.84 Å². The molecule has 12 heavy (non-hydrogen) atoms. The monoisotopic (exact) mass is 174 g/mol. The zero-order chi connectivity index (χ0) is 9.14. The van der Waals surface area contributed by atoms with Crippen LogP contribution in [0.2, 0.25) is 0 Å². The Morgan fingerprint density at radius 2 is 2.00 bits per heavy atom. The predicted molar refractivity (Wildman–Crippen MR) is 37.5 cm³/mol. The van der Waals surface area contributed by atoms with Gasteiger partial charge in [-0.2, -0.15) is 0 Å². The number of carbonyl (C=O) groups excluding carboxylic acids is 1. The quantitative estimate of drug-likeness (QED) is 0.586. The molecule has 0 unspecified atom stereocenters. The van der Waals surface area contributed by atoms with E-state index in [0.29, 0.717) is 12.8 Å². The molecular formula is C7H10O5. The van der Waals surface area contributed by atoms with Gasteiger partial charge in [0.15, 0.2) is 12.2 Å². The van der Waals surface area contributed by atoms with Gasteiger partial charge in [0.1, 0.15) is 0 Å². The van der Waals surface area contributed by atoms with Crippen molar-refractivity contribution in [1.29, 1.82) is 0 Å². The Labute approximate surface area is 69.3 Å². The van der Waals surface area contributed by atoms with Crippen LogP contribution in [-0.4, -0.2) is 36.4 Å². The minimum absolute atomic E-state index is 0.370. The number of rotatable bonds is 2. The summed E-state index contributed by atoms with van der Waals surface area (Å²) in [4.78, 5) is 21.2. The van der Waals surface area contributed by atoms with E-state index in [0.717, 1.165) is 0 Å². The lowest BCUT2D eigenvalue weighted by atomic mass is 10.2. The summed E-state index contributed by atoms with van der Waals surface area (Å²) in [5, 5.41) is 8.51. The smallest absolute Gasteiger partial charge is 0.335 e. The molecule has 0 spiro atoms. The van der Waals surface area contributed by atoms with Crippen LogP contribution in [0.15, 0.2) is 0 Å². The Hall–Kier alpha value is -1.10. The minimum atomic E-state index is -1.03. The number of carboxylic acids is 1. The second kappa shape index (κ2) is 3.53. The van der Waals surface area contributed by atoms with E-state index in [2.05, 4.69) is 4.74 Å². The fraction of sp³-hybridized carbons (Fsp3) is 0.714. The molecule has 1 aliphatic heterocycles. The zero-order valence-corrected chi connectivity index (χ0v) is 6.65.